The van der Waals surface area contributed by atoms with E-state index in [2.05, 4.69) is 4.98 Å². The standard InChI is InChI=1S/C10H8FN3/c11-10-8(4-3-6-13-10)14-7-2-1-5-9(14)12/h1-7,12H. The Morgan fingerprint density at radius 3 is 2.79 bits per heavy atom. The molecule has 0 saturated carbocycles. The maximum atomic E-state index is 13.2. The highest BCUT2D eigenvalue weighted by atomic mass is 19.1. The normalized spacial score (nSPS) is 10.1. The maximum absolute atomic E-state index is 13.2. The molecule has 0 aliphatic carbocycles. The van der Waals surface area contributed by atoms with Crippen LogP contribution in [0.5, 0.6) is 0 Å². The van der Waals surface area contributed by atoms with E-state index in [0.29, 0.717) is 0 Å². The van der Waals surface area contributed by atoms with E-state index in [1.165, 1.54) is 10.8 Å². The Bertz CT molecular complexity index is 504. The number of halogens is 1. The average Bonchev–Trinajstić information content (AvgIpc) is 2.20. The van der Waals surface area contributed by atoms with Crippen LogP contribution in [-0.4, -0.2) is 9.55 Å². The van der Waals surface area contributed by atoms with Crippen LogP contribution in [0.3, 0.4) is 0 Å². The van der Waals surface area contributed by atoms with Gasteiger partial charge in [-0.3, -0.25) is 9.98 Å². The highest BCUT2D eigenvalue weighted by molar-refractivity contribution is 5.29. The van der Waals surface area contributed by atoms with Crippen LogP contribution >= 0.6 is 0 Å². The van der Waals surface area contributed by atoms with Crippen molar-refractivity contribution in [3.63, 3.8) is 0 Å². The van der Waals surface area contributed by atoms with Crippen LogP contribution in [0.2, 0.25) is 0 Å². The fourth-order valence-corrected chi connectivity index (χ4v) is 1.21. The number of rotatable bonds is 1. The monoisotopic (exact) mass is 189 g/mol. The lowest BCUT2D eigenvalue weighted by molar-refractivity contribution is 0.572. The van der Waals surface area contributed by atoms with Crippen LogP contribution in [0.25, 0.3) is 5.69 Å². The fourth-order valence-electron chi connectivity index (χ4n) is 1.21. The van der Waals surface area contributed by atoms with E-state index < -0.39 is 5.95 Å². The molecule has 14 heavy (non-hydrogen) atoms. The Balaban J connectivity index is 2.67. The zero-order valence-corrected chi connectivity index (χ0v) is 7.31. The van der Waals surface area contributed by atoms with Crippen LogP contribution in [-0.2, 0) is 0 Å². The predicted molar refractivity (Wildman–Crippen MR) is 49.4 cm³/mol. The van der Waals surface area contributed by atoms with Gasteiger partial charge in [-0.2, -0.15) is 4.39 Å². The van der Waals surface area contributed by atoms with Gasteiger partial charge in [-0.1, -0.05) is 6.07 Å². The van der Waals surface area contributed by atoms with E-state index in [9.17, 15) is 4.39 Å². The minimum atomic E-state index is -0.572. The summed E-state index contributed by atoms with van der Waals surface area (Å²) in [6.07, 6.45) is 3.01. The summed E-state index contributed by atoms with van der Waals surface area (Å²) >= 11 is 0. The molecule has 0 atom stereocenters. The van der Waals surface area contributed by atoms with E-state index in [1.807, 2.05) is 0 Å². The van der Waals surface area contributed by atoms with Crippen molar-refractivity contribution in [3.05, 3.63) is 54.2 Å². The Morgan fingerprint density at radius 1 is 1.21 bits per heavy atom. The minimum Gasteiger partial charge on any atom is -0.298 e. The molecule has 0 unspecified atom stereocenters. The molecule has 0 aromatic carbocycles. The van der Waals surface area contributed by atoms with Crippen molar-refractivity contribution in [2.24, 2.45) is 0 Å². The molecule has 0 aliphatic heterocycles. The summed E-state index contributed by atoms with van der Waals surface area (Å²) in [6, 6.07) is 8.28. The summed E-state index contributed by atoms with van der Waals surface area (Å²) in [4.78, 5) is 3.53. The van der Waals surface area contributed by atoms with E-state index in [1.54, 1.807) is 36.5 Å². The topological polar surface area (TPSA) is 41.7 Å². The molecule has 2 aromatic rings. The van der Waals surface area contributed by atoms with Gasteiger partial charge < -0.3 is 0 Å². The van der Waals surface area contributed by atoms with Crippen molar-refractivity contribution in [1.29, 1.82) is 5.41 Å². The van der Waals surface area contributed by atoms with E-state index in [-0.39, 0.29) is 11.2 Å². The molecule has 3 nitrogen and oxygen atoms in total. The zero-order valence-electron chi connectivity index (χ0n) is 7.31. The summed E-state index contributed by atoms with van der Waals surface area (Å²) in [5, 5.41) is 7.57. The number of hydrogen-bond donors (Lipinski definition) is 1. The smallest absolute Gasteiger partial charge is 0.237 e. The van der Waals surface area contributed by atoms with Gasteiger partial charge in [0, 0.05) is 12.4 Å². The van der Waals surface area contributed by atoms with Crippen molar-refractivity contribution >= 4 is 0 Å². The third kappa shape index (κ3) is 1.42. The second-order valence-electron chi connectivity index (χ2n) is 2.77. The lowest BCUT2D eigenvalue weighted by Gasteiger charge is -2.05. The average molecular weight is 189 g/mol. The SMILES string of the molecule is N=c1ccccn1-c1cccnc1F. The number of aromatic nitrogens is 2. The molecule has 4 heteroatoms. The third-order valence-electron chi connectivity index (χ3n) is 1.86. The van der Waals surface area contributed by atoms with E-state index in [4.69, 9.17) is 5.41 Å². The minimum absolute atomic E-state index is 0.222. The molecule has 2 heterocycles. The van der Waals surface area contributed by atoms with Crippen LogP contribution in [0.1, 0.15) is 0 Å². The van der Waals surface area contributed by atoms with Gasteiger partial charge >= 0.3 is 0 Å². The van der Waals surface area contributed by atoms with Gasteiger partial charge in [-0.05, 0) is 24.3 Å². The highest BCUT2D eigenvalue weighted by Gasteiger charge is 2.02. The first kappa shape index (κ1) is 8.62. The lowest BCUT2D eigenvalue weighted by Crippen LogP contribution is -2.17. The third-order valence-corrected chi connectivity index (χ3v) is 1.86. The zero-order chi connectivity index (χ0) is 9.97. The molecule has 2 aromatic heterocycles. The molecular weight excluding hydrogens is 181 g/mol. The van der Waals surface area contributed by atoms with Gasteiger partial charge in [0.1, 0.15) is 11.2 Å². The van der Waals surface area contributed by atoms with Gasteiger partial charge in [0.2, 0.25) is 5.95 Å². The summed E-state index contributed by atoms with van der Waals surface area (Å²) in [6.45, 7) is 0. The lowest BCUT2D eigenvalue weighted by atomic mass is 10.4. The van der Waals surface area contributed by atoms with Crippen LogP contribution in [0.15, 0.2) is 42.7 Å². The van der Waals surface area contributed by atoms with Gasteiger partial charge in [0.15, 0.2) is 0 Å². The number of nitrogens with one attached hydrogen (secondary N) is 1. The maximum Gasteiger partial charge on any atom is 0.237 e. The van der Waals surface area contributed by atoms with Crippen molar-refractivity contribution in [2.75, 3.05) is 0 Å². The molecule has 0 fully saturated rings. The summed E-state index contributed by atoms with van der Waals surface area (Å²) < 4.78 is 14.7. The molecular formula is C10H8FN3. The van der Waals surface area contributed by atoms with Gasteiger partial charge in [-0.25, -0.2) is 4.98 Å². The quantitative estimate of drug-likeness (QED) is 0.678. The second-order valence-corrected chi connectivity index (χ2v) is 2.77. The summed E-state index contributed by atoms with van der Waals surface area (Å²) in [5.74, 6) is -0.572. The molecule has 2 rings (SSSR count). The Morgan fingerprint density at radius 2 is 2.07 bits per heavy atom. The van der Waals surface area contributed by atoms with Crippen LogP contribution < -0.4 is 5.49 Å². The largest absolute Gasteiger partial charge is 0.298 e. The first-order valence-corrected chi connectivity index (χ1v) is 4.12. The fraction of sp³-hybridized carbons (Fsp3) is 0. The predicted octanol–water partition coefficient (Wildman–Crippen LogP) is 1.49. The van der Waals surface area contributed by atoms with Crippen molar-refractivity contribution < 1.29 is 4.39 Å². The molecule has 0 radical (unpaired) electrons. The van der Waals surface area contributed by atoms with E-state index >= 15 is 0 Å². The molecule has 1 N–H and O–H groups in total. The van der Waals surface area contributed by atoms with Crippen molar-refractivity contribution in [3.8, 4) is 5.69 Å². The Labute approximate surface area is 80.0 Å². The number of pyridine rings is 2. The first-order valence-electron chi connectivity index (χ1n) is 4.12. The Kier molecular flexibility index (Phi) is 2.10. The van der Waals surface area contributed by atoms with Gasteiger partial charge in [-0.15, -0.1) is 0 Å². The van der Waals surface area contributed by atoms with Crippen LogP contribution in [0.4, 0.5) is 4.39 Å². The summed E-state index contributed by atoms with van der Waals surface area (Å²) in [5.41, 5.74) is 0.512. The summed E-state index contributed by atoms with van der Waals surface area (Å²) in [7, 11) is 0. The molecule has 0 spiro atoms. The van der Waals surface area contributed by atoms with Crippen LogP contribution in [0, 0.1) is 11.4 Å². The number of hydrogen-bond acceptors (Lipinski definition) is 2. The molecule has 0 aliphatic rings. The highest BCUT2D eigenvalue weighted by Crippen LogP contribution is 2.06. The molecule has 0 bridgehead atoms. The van der Waals surface area contributed by atoms with Gasteiger partial charge in [0.25, 0.3) is 0 Å². The second kappa shape index (κ2) is 3.41. The number of nitrogens with zero attached hydrogens (tertiary/aromatic N) is 2. The molecule has 0 saturated heterocycles. The van der Waals surface area contributed by atoms with E-state index in [0.717, 1.165) is 0 Å². The molecule has 70 valence electrons. The molecule has 0 amide bonds. The van der Waals surface area contributed by atoms with Crippen molar-refractivity contribution in [2.45, 2.75) is 0 Å². The van der Waals surface area contributed by atoms with Gasteiger partial charge in [0.05, 0.1) is 0 Å². The van der Waals surface area contributed by atoms with Crippen molar-refractivity contribution in [1.82, 2.24) is 9.55 Å². The Hall–Kier alpha value is -1.97. The first-order chi connectivity index (χ1) is 6.79.